The fraction of sp³-hybridized carbons (Fsp3) is 0.600. The molecule has 0 amide bonds. The lowest BCUT2D eigenvalue weighted by molar-refractivity contribution is 0.286. The van der Waals surface area contributed by atoms with Gasteiger partial charge in [0.15, 0.2) is 0 Å². The van der Waals surface area contributed by atoms with Crippen molar-refractivity contribution in [2.24, 2.45) is 5.73 Å². The molecule has 5 heteroatoms. The third-order valence-corrected chi connectivity index (χ3v) is 6.10. The Morgan fingerprint density at radius 3 is 2.20 bits per heavy atom. The van der Waals surface area contributed by atoms with Crippen molar-refractivity contribution in [2.75, 3.05) is 7.05 Å². The fourth-order valence-electron chi connectivity index (χ4n) is 2.75. The van der Waals surface area contributed by atoms with E-state index in [1.54, 1.807) is 35.6 Å². The predicted molar refractivity (Wildman–Crippen MR) is 80.9 cm³/mol. The summed E-state index contributed by atoms with van der Waals surface area (Å²) in [7, 11) is -1.69. The molecule has 2 rings (SSSR count). The molecule has 1 fully saturated rings. The maximum atomic E-state index is 12.6. The smallest absolute Gasteiger partial charge is 0.243 e. The fourth-order valence-corrected chi connectivity index (χ4v) is 4.17. The average Bonchev–Trinajstić information content (AvgIpc) is 2.47. The molecule has 0 radical (unpaired) electrons. The lowest BCUT2D eigenvalue weighted by atomic mass is 9.96. The van der Waals surface area contributed by atoms with Crippen molar-refractivity contribution in [1.29, 1.82) is 0 Å². The molecule has 1 saturated carbocycles. The van der Waals surface area contributed by atoms with Gasteiger partial charge >= 0.3 is 0 Å². The van der Waals surface area contributed by atoms with Crippen molar-refractivity contribution in [1.82, 2.24) is 4.31 Å². The maximum absolute atomic E-state index is 12.6. The van der Waals surface area contributed by atoms with Crippen LogP contribution in [0.5, 0.6) is 0 Å². The summed E-state index contributed by atoms with van der Waals surface area (Å²) in [6.45, 7) is 1.89. The van der Waals surface area contributed by atoms with Gasteiger partial charge in [-0.2, -0.15) is 4.31 Å². The Kier molecular flexibility index (Phi) is 4.83. The van der Waals surface area contributed by atoms with Gasteiger partial charge in [-0.3, -0.25) is 0 Å². The van der Waals surface area contributed by atoms with Crippen LogP contribution in [-0.4, -0.2) is 25.8 Å². The standard InChI is InChI=1S/C15H24N2O2S/c1-12(16)13-8-10-15(11-9-13)20(18,19)17(2)14-6-4-3-5-7-14/h8-12,14H,3-7,16H2,1-2H3. The van der Waals surface area contributed by atoms with Crippen LogP contribution < -0.4 is 5.73 Å². The van der Waals surface area contributed by atoms with Gasteiger partial charge in [0, 0.05) is 19.1 Å². The first-order chi connectivity index (χ1) is 9.43. The maximum Gasteiger partial charge on any atom is 0.243 e. The molecule has 20 heavy (non-hydrogen) atoms. The first-order valence-electron chi connectivity index (χ1n) is 7.26. The van der Waals surface area contributed by atoms with Gasteiger partial charge in [0.25, 0.3) is 0 Å². The van der Waals surface area contributed by atoms with Crippen molar-refractivity contribution in [3.05, 3.63) is 29.8 Å². The van der Waals surface area contributed by atoms with Gasteiger partial charge in [-0.1, -0.05) is 31.4 Å². The largest absolute Gasteiger partial charge is 0.324 e. The third-order valence-electron chi connectivity index (χ3n) is 4.17. The molecule has 1 aliphatic carbocycles. The van der Waals surface area contributed by atoms with Gasteiger partial charge in [0.2, 0.25) is 10.0 Å². The van der Waals surface area contributed by atoms with Crippen LogP contribution >= 0.6 is 0 Å². The van der Waals surface area contributed by atoms with Gasteiger partial charge in [-0.15, -0.1) is 0 Å². The molecule has 0 aliphatic heterocycles. The Hall–Kier alpha value is -0.910. The Balaban J connectivity index is 2.20. The number of benzene rings is 1. The van der Waals surface area contributed by atoms with E-state index >= 15 is 0 Å². The molecule has 1 aromatic rings. The van der Waals surface area contributed by atoms with E-state index in [4.69, 9.17) is 5.73 Å². The van der Waals surface area contributed by atoms with Gasteiger partial charge in [0.1, 0.15) is 0 Å². The average molecular weight is 296 g/mol. The van der Waals surface area contributed by atoms with Crippen LogP contribution in [0.4, 0.5) is 0 Å². The molecule has 0 saturated heterocycles. The summed E-state index contributed by atoms with van der Waals surface area (Å²) >= 11 is 0. The van der Waals surface area contributed by atoms with E-state index in [0.717, 1.165) is 31.2 Å². The highest BCUT2D eigenvalue weighted by molar-refractivity contribution is 7.89. The van der Waals surface area contributed by atoms with Crippen LogP contribution in [0, 0.1) is 0 Å². The van der Waals surface area contributed by atoms with Crippen molar-refractivity contribution in [2.45, 2.75) is 56.0 Å². The summed E-state index contributed by atoms with van der Waals surface area (Å²) in [5.41, 5.74) is 6.74. The zero-order valence-electron chi connectivity index (χ0n) is 12.2. The van der Waals surface area contributed by atoms with Crippen LogP contribution in [0.1, 0.15) is 50.6 Å². The topological polar surface area (TPSA) is 63.4 Å². The number of sulfonamides is 1. The first kappa shape index (κ1) is 15.5. The second-order valence-electron chi connectivity index (χ2n) is 5.67. The van der Waals surface area contributed by atoms with E-state index in [2.05, 4.69) is 0 Å². The zero-order valence-corrected chi connectivity index (χ0v) is 13.1. The zero-order chi connectivity index (χ0) is 14.8. The number of rotatable bonds is 4. The summed E-state index contributed by atoms with van der Waals surface area (Å²) in [5, 5.41) is 0. The minimum atomic E-state index is -3.39. The summed E-state index contributed by atoms with van der Waals surface area (Å²) in [5.74, 6) is 0. The van der Waals surface area contributed by atoms with Crippen LogP contribution in [0.3, 0.4) is 0 Å². The number of hydrogen-bond donors (Lipinski definition) is 1. The Labute approximate surface area is 122 Å². The van der Waals surface area contributed by atoms with E-state index < -0.39 is 10.0 Å². The summed E-state index contributed by atoms with van der Waals surface area (Å²) in [6.07, 6.45) is 5.39. The molecule has 1 unspecified atom stereocenters. The van der Waals surface area contributed by atoms with Crippen molar-refractivity contribution in [3.63, 3.8) is 0 Å². The lowest BCUT2D eigenvalue weighted by Gasteiger charge is -2.30. The molecular formula is C15H24N2O2S. The summed E-state index contributed by atoms with van der Waals surface area (Å²) in [6, 6.07) is 6.98. The first-order valence-corrected chi connectivity index (χ1v) is 8.70. The van der Waals surface area contributed by atoms with Crippen LogP contribution in [0.2, 0.25) is 0 Å². The summed E-state index contributed by atoms with van der Waals surface area (Å²) in [4.78, 5) is 0.356. The predicted octanol–water partition coefficient (Wildman–Crippen LogP) is 2.66. The molecule has 4 nitrogen and oxygen atoms in total. The number of nitrogens with two attached hydrogens (primary N) is 1. The van der Waals surface area contributed by atoms with E-state index in [-0.39, 0.29) is 12.1 Å². The summed E-state index contributed by atoms with van der Waals surface area (Å²) < 4.78 is 26.8. The van der Waals surface area contributed by atoms with E-state index in [0.29, 0.717) is 4.90 Å². The molecule has 0 bridgehead atoms. The number of hydrogen-bond acceptors (Lipinski definition) is 3. The molecule has 112 valence electrons. The minimum Gasteiger partial charge on any atom is -0.324 e. The molecule has 0 spiro atoms. The SMILES string of the molecule is CC(N)c1ccc(S(=O)(=O)N(C)C2CCCCC2)cc1. The van der Waals surface area contributed by atoms with Crippen LogP contribution in [0.25, 0.3) is 0 Å². The molecule has 0 aromatic heterocycles. The van der Waals surface area contributed by atoms with Crippen molar-refractivity contribution < 1.29 is 8.42 Å². The molecule has 0 heterocycles. The highest BCUT2D eigenvalue weighted by atomic mass is 32.2. The highest BCUT2D eigenvalue weighted by Gasteiger charge is 2.28. The van der Waals surface area contributed by atoms with Gasteiger partial charge in [0.05, 0.1) is 4.90 Å². The van der Waals surface area contributed by atoms with Crippen LogP contribution in [-0.2, 0) is 10.0 Å². The molecule has 2 N–H and O–H groups in total. The Bertz CT molecular complexity index is 531. The van der Waals surface area contributed by atoms with Crippen molar-refractivity contribution >= 4 is 10.0 Å². The molecular weight excluding hydrogens is 272 g/mol. The van der Waals surface area contributed by atoms with E-state index in [1.165, 1.54) is 6.42 Å². The normalized spacial score (nSPS) is 19.2. The highest BCUT2D eigenvalue weighted by Crippen LogP contribution is 2.26. The lowest BCUT2D eigenvalue weighted by Crippen LogP contribution is -2.38. The third kappa shape index (κ3) is 3.22. The molecule has 1 aliphatic rings. The van der Waals surface area contributed by atoms with Gasteiger partial charge < -0.3 is 5.73 Å². The van der Waals surface area contributed by atoms with Gasteiger partial charge in [-0.05, 0) is 37.5 Å². The minimum absolute atomic E-state index is 0.0807. The van der Waals surface area contributed by atoms with Crippen molar-refractivity contribution in [3.8, 4) is 0 Å². The van der Waals surface area contributed by atoms with Gasteiger partial charge in [-0.25, -0.2) is 8.42 Å². The second-order valence-corrected chi connectivity index (χ2v) is 7.67. The Morgan fingerprint density at radius 1 is 1.15 bits per heavy atom. The Morgan fingerprint density at radius 2 is 1.70 bits per heavy atom. The second kappa shape index (κ2) is 6.24. The molecule has 1 aromatic carbocycles. The monoisotopic (exact) mass is 296 g/mol. The molecule has 1 atom stereocenters. The quantitative estimate of drug-likeness (QED) is 0.929. The van der Waals surface area contributed by atoms with Crippen LogP contribution in [0.15, 0.2) is 29.2 Å². The number of nitrogens with zero attached hydrogens (tertiary/aromatic N) is 1. The van der Waals surface area contributed by atoms with E-state index in [1.807, 2.05) is 6.92 Å². The van der Waals surface area contributed by atoms with E-state index in [9.17, 15) is 8.42 Å².